The highest BCUT2D eigenvalue weighted by Crippen LogP contribution is 2.22. The van der Waals surface area contributed by atoms with Gasteiger partial charge in [0.2, 0.25) is 0 Å². The Labute approximate surface area is 141 Å². The van der Waals surface area contributed by atoms with Crippen LogP contribution in [0.3, 0.4) is 0 Å². The van der Waals surface area contributed by atoms with Gasteiger partial charge in [-0.1, -0.05) is 6.92 Å². The Morgan fingerprint density at radius 2 is 1.87 bits per heavy atom. The SMILES string of the molecule is CCc1cc(C(=O)N2CCN(c3ccc(OC)cc3)CC2)cs1. The quantitative estimate of drug-likeness (QED) is 0.862. The lowest BCUT2D eigenvalue weighted by Crippen LogP contribution is -2.48. The number of thiophene rings is 1. The molecule has 1 aliphatic heterocycles. The Bertz CT molecular complexity index is 658. The summed E-state index contributed by atoms with van der Waals surface area (Å²) in [6.45, 7) is 5.38. The molecule has 0 saturated carbocycles. The van der Waals surface area contributed by atoms with Crippen LogP contribution in [0.2, 0.25) is 0 Å². The summed E-state index contributed by atoms with van der Waals surface area (Å²) in [5.41, 5.74) is 2.02. The molecule has 1 amide bonds. The summed E-state index contributed by atoms with van der Waals surface area (Å²) < 4.78 is 5.19. The molecular formula is C18H22N2O2S. The van der Waals surface area contributed by atoms with Crippen LogP contribution < -0.4 is 9.64 Å². The molecule has 3 rings (SSSR count). The average Bonchev–Trinajstić information content (AvgIpc) is 3.10. The maximum absolute atomic E-state index is 12.6. The number of carbonyl (C=O) groups is 1. The van der Waals surface area contributed by atoms with E-state index in [1.54, 1.807) is 18.4 Å². The second-order valence-electron chi connectivity index (χ2n) is 5.63. The molecule has 1 saturated heterocycles. The summed E-state index contributed by atoms with van der Waals surface area (Å²) in [6, 6.07) is 10.1. The minimum Gasteiger partial charge on any atom is -0.497 e. The third-order valence-corrected chi connectivity index (χ3v) is 5.33. The molecular weight excluding hydrogens is 308 g/mol. The fraction of sp³-hybridized carbons (Fsp3) is 0.389. The van der Waals surface area contributed by atoms with Crippen LogP contribution in [0.5, 0.6) is 5.75 Å². The van der Waals surface area contributed by atoms with Gasteiger partial charge >= 0.3 is 0 Å². The molecule has 1 fully saturated rings. The van der Waals surface area contributed by atoms with Crippen molar-refractivity contribution in [1.82, 2.24) is 4.90 Å². The monoisotopic (exact) mass is 330 g/mol. The second kappa shape index (κ2) is 7.04. The number of methoxy groups -OCH3 is 1. The zero-order chi connectivity index (χ0) is 16.2. The number of anilines is 1. The van der Waals surface area contributed by atoms with Crippen LogP contribution in [0.4, 0.5) is 5.69 Å². The van der Waals surface area contributed by atoms with Crippen LogP contribution in [0.25, 0.3) is 0 Å². The molecule has 1 aromatic carbocycles. The van der Waals surface area contributed by atoms with Gasteiger partial charge in [-0.05, 0) is 36.8 Å². The minimum atomic E-state index is 0.162. The van der Waals surface area contributed by atoms with Crippen LogP contribution in [-0.2, 0) is 6.42 Å². The molecule has 2 aromatic rings. The van der Waals surface area contributed by atoms with Crippen LogP contribution in [0.1, 0.15) is 22.2 Å². The zero-order valence-corrected chi connectivity index (χ0v) is 14.4. The Hall–Kier alpha value is -2.01. The van der Waals surface area contributed by atoms with E-state index in [0.29, 0.717) is 0 Å². The van der Waals surface area contributed by atoms with Crippen LogP contribution in [-0.4, -0.2) is 44.1 Å². The predicted molar refractivity (Wildman–Crippen MR) is 94.8 cm³/mol. The maximum Gasteiger partial charge on any atom is 0.254 e. The van der Waals surface area contributed by atoms with Gasteiger partial charge in [0.1, 0.15) is 5.75 Å². The third-order valence-electron chi connectivity index (χ3n) is 4.25. The van der Waals surface area contributed by atoms with Gasteiger partial charge in [-0.2, -0.15) is 0 Å². The van der Waals surface area contributed by atoms with Crippen LogP contribution in [0, 0.1) is 0 Å². The van der Waals surface area contributed by atoms with Crippen molar-refractivity contribution >= 4 is 22.9 Å². The molecule has 0 unspecified atom stereocenters. The smallest absolute Gasteiger partial charge is 0.254 e. The van der Waals surface area contributed by atoms with E-state index >= 15 is 0 Å². The molecule has 4 nitrogen and oxygen atoms in total. The van der Waals surface area contributed by atoms with E-state index in [0.717, 1.165) is 43.9 Å². The lowest BCUT2D eigenvalue weighted by atomic mass is 10.2. The molecule has 0 bridgehead atoms. The van der Waals surface area contributed by atoms with E-state index in [1.807, 2.05) is 28.5 Å². The molecule has 0 N–H and O–H groups in total. The van der Waals surface area contributed by atoms with Crippen molar-refractivity contribution in [2.24, 2.45) is 0 Å². The minimum absolute atomic E-state index is 0.162. The summed E-state index contributed by atoms with van der Waals surface area (Å²) in [5.74, 6) is 1.03. The van der Waals surface area contributed by atoms with Crippen LogP contribution in [0.15, 0.2) is 35.7 Å². The molecule has 122 valence electrons. The van der Waals surface area contributed by atoms with E-state index < -0.39 is 0 Å². The van der Waals surface area contributed by atoms with Crippen molar-refractivity contribution in [2.75, 3.05) is 38.2 Å². The normalized spacial score (nSPS) is 14.9. The maximum atomic E-state index is 12.6. The highest BCUT2D eigenvalue weighted by atomic mass is 32.1. The van der Waals surface area contributed by atoms with Gasteiger partial charge in [0.15, 0.2) is 0 Å². The van der Waals surface area contributed by atoms with Gasteiger partial charge in [-0.15, -0.1) is 11.3 Å². The van der Waals surface area contributed by atoms with E-state index in [-0.39, 0.29) is 5.91 Å². The van der Waals surface area contributed by atoms with Crippen molar-refractivity contribution in [3.63, 3.8) is 0 Å². The standard InChI is InChI=1S/C18H22N2O2S/c1-3-17-12-14(13-23-17)18(21)20-10-8-19(9-11-20)15-4-6-16(22-2)7-5-15/h4-7,12-13H,3,8-11H2,1-2H3. The summed E-state index contributed by atoms with van der Waals surface area (Å²) in [6.07, 6.45) is 0.989. The number of nitrogens with zero attached hydrogens (tertiary/aromatic N) is 2. The van der Waals surface area contributed by atoms with E-state index in [9.17, 15) is 4.79 Å². The van der Waals surface area contributed by atoms with Gasteiger partial charge in [-0.25, -0.2) is 0 Å². The molecule has 0 radical (unpaired) electrons. The molecule has 1 aromatic heterocycles. The number of aryl methyl sites for hydroxylation is 1. The first kappa shape index (κ1) is 15.9. The number of ether oxygens (including phenoxy) is 1. The Balaban J connectivity index is 1.60. The molecule has 0 atom stereocenters. The third kappa shape index (κ3) is 3.50. The zero-order valence-electron chi connectivity index (χ0n) is 13.6. The highest BCUT2D eigenvalue weighted by molar-refractivity contribution is 7.10. The summed E-state index contributed by atoms with van der Waals surface area (Å²) in [4.78, 5) is 18.1. The number of benzene rings is 1. The van der Waals surface area contributed by atoms with Crippen molar-refractivity contribution in [3.05, 3.63) is 46.2 Å². The lowest BCUT2D eigenvalue weighted by Gasteiger charge is -2.36. The largest absolute Gasteiger partial charge is 0.497 e. The fourth-order valence-corrected chi connectivity index (χ4v) is 3.63. The average molecular weight is 330 g/mol. The number of piperazine rings is 1. The van der Waals surface area contributed by atoms with Crippen molar-refractivity contribution in [3.8, 4) is 5.75 Å². The van der Waals surface area contributed by atoms with Crippen LogP contribution >= 0.6 is 11.3 Å². The molecule has 5 heteroatoms. The Kier molecular flexibility index (Phi) is 4.86. The molecule has 0 aliphatic carbocycles. The summed E-state index contributed by atoms with van der Waals surface area (Å²) in [5, 5.41) is 1.98. The number of hydrogen-bond acceptors (Lipinski definition) is 4. The van der Waals surface area contributed by atoms with Gasteiger partial charge in [-0.3, -0.25) is 4.79 Å². The highest BCUT2D eigenvalue weighted by Gasteiger charge is 2.23. The first-order valence-corrected chi connectivity index (χ1v) is 8.85. The molecule has 0 spiro atoms. The second-order valence-corrected chi connectivity index (χ2v) is 6.63. The predicted octanol–water partition coefficient (Wildman–Crippen LogP) is 3.28. The van der Waals surface area contributed by atoms with E-state index in [1.165, 1.54) is 10.6 Å². The molecule has 1 aliphatic rings. The fourth-order valence-electron chi connectivity index (χ4n) is 2.82. The Morgan fingerprint density at radius 3 is 2.43 bits per heavy atom. The molecule has 23 heavy (non-hydrogen) atoms. The number of rotatable bonds is 4. The first-order chi connectivity index (χ1) is 11.2. The van der Waals surface area contributed by atoms with Crippen molar-refractivity contribution < 1.29 is 9.53 Å². The Morgan fingerprint density at radius 1 is 1.17 bits per heavy atom. The van der Waals surface area contributed by atoms with E-state index in [2.05, 4.69) is 24.0 Å². The number of hydrogen-bond donors (Lipinski definition) is 0. The van der Waals surface area contributed by atoms with E-state index in [4.69, 9.17) is 4.74 Å². The molecule has 2 heterocycles. The summed E-state index contributed by atoms with van der Waals surface area (Å²) in [7, 11) is 1.67. The van der Waals surface area contributed by atoms with Gasteiger partial charge in [0.25, 0.3) is 5.91 Å². The van der Waals surface area contributed by atoms with Crippen molar-refractivity contribution in [2.45, 2.75) is 13.3 Å². The number of carbonyl (C=O) groups excluding carboxylic acids is 1. The van der Waals surface area contributed by atoms with Gasteiger partial charge < -0.3 is 14.5 Å². The van der Waals surface area contributed by atoms with Crippen molar-refractivity contribution in [1.29, 1.82) is 0 Å². The topological polar surface area (TPSA) is 32.8 Å². The lowest BCUT2D eigenvalue weighted by molar-refractivity contribution is 0.0747. The number of amides is 1. The van der Waals surface area contributed by atoms with Gasteiger partial charge in [0, 0.05) is 42.1 Å². The first-order valence-electron chi connectivity index (χ1n) is 7.97. The van der Waals surface area contributed by atoms with Gasteiger partial charge in [0.05, 0.1) is 12.7 Å². The summed E-state index contributed by atoms with van der Waals surface area (Å²) >= 11 is 1.67.